The van der Waals surface area contributed by atoms with Crippen molar-refractivity contribution in [2.24, 2.45) is 0 Å². The van der Waals surface area contributed by atoms with Crippen molar-refractivity contribution >= 4 is 16.1 Å². The van der Waals surface area contributed by atoms with E-state index in [1.54, 1.807) is 0 Å². The second-order valence-electron chi connectivity index (χ2n) is 8.57. The summed E-state index contributed by atoms with van der Waals surface area (Å²) in [6.45, 7) is 13.6. The molecule has 0 aliphatic heterocycles. The Balaban J connectivity index is 2.04. The maximum atomic E-state index is 3.41. The van der Waals surface area contributed by atoms with Crippen LogP contribution >= 0.6 is 0 Å². The Morgan fingerprint density at radius 3 is 1.16 bits per heavy atom. The molecule has 2 aromatic carbocycles. The van der Waals surface area contributed by atoms with Gasteiger partial charge in [-0.15, -0.1) is 11.1 Å². The van der Waals surface area contributed by atoms with Crippen LogP contribution in [-0.4, -0.2) is 16.1 Å². The molecular formula is C23H28Si2. The Hall–Kier alpha value is -2.01. The van der Waals surface area contributed by atoms with Crippen LogP contribution in [0.25, 0.3) is 0 Å². The van der Waals surface area contributed by atoms with Crippen molar-refractivity contribution in [3.8, 4) is 22.9 Å². The van der Waals surface area contributed by atoms with Gasteiger partial charge in [-0.25, -0.2) is 0 Å². The van der Waals surface area contributed by atoms with Crippen LogP contribution in [-0.2, 0) is 6.42 Å². The molecule has 0 heterocycles. The zero-order valence-electron chi connectivity index (χ0n) is 16.3. The zero-order valence-corrected chi connectivity index (χ0v) is 18.3. The fourth-order valence-corrected chi connectivity index (χ4v) is 3.21. The molecule has 128 valence electrons. The van der Waals surface area contributed by atoms with Crippen molar-refractivity contribution in [3.63, 3.8) is 0 Å². The van der Waals surface area contributed by atoms with E-state index in [1.165, 1.54) is 11.1 Å². The van der Waals surface area contributed by atoms with Crippen LogP contribution in [0.2, 0.25) is 39.3 Å². The third kappa shape index (κ3) is 7.61. The minimum absolute atomic E-state index is 0.948. The molecule has 0 fully saturated rings. The second kappa shape index (κ2) is 7.92. The first kappa shape index (κ1) is 19.3. The Morgan fingerprint density at radius 1 is 0.560 bits per heavy atom. The maximum Gasteiger partial charge on any atom is 0.129 e. The molecule has 2 aromatic rings. The Morgan fingerprint density at radius 2 is 0.880 bits per heavy atom. The van der Waals surface area contributed by atoms with Gasteiger partial charge in [0.05, 0.1) is 0 Å². The molecule has 0 aliphatic carbocycles. The van der Waals surface area contributed by atoms with Crippen molar-refractivity contribution in [1.82, 2.24) is 0 Å². The molecule has 0 saturated carbocycles. The molecule has 2 heteroatoms. The van der Waals surface area contributed by atoms with Crippen LogP contribution in [0.4, 0.5) is 0 Å². The lowest BCUT2D eigenvalue weighted by Gasteiger charge is -2.05. The van der Waals surface area contributed by atoms with Crippen LogP contribution in [0.3, 0.4) is 0 Å². The van der Waals surface area contributed by atoms with Gasteiger partial charge in [-0.05, 0) is 41.8 Å². The van der Waals surface area contributed by atoms with E-state index in [9.17, 15) is 0 Å². The van der Waals surface area contributed by atoms with Crippen molar-refractivity contribution < 1.29 is 0 Å². The molecular weight excluding hydrogens is 332 g/mol. The third-order valence-electron chi connectivity index (χ3n) is 3.48. The highest BCUT2D eigenvalue weighted by atomic mass is 28.3. The van der Waals surface area contributed by atoms with Gasteiger partial charge in [0.2, 0.25) is 0 Å². The normalized spacial score (nSPS) is 11.1. The average molecular weight is 361 g/mol. The first-order valence-corrected chi connectivity index (χ1v) is 15.8. The van der Waals surface area contributed by atoms with Gasteiger partial charge in [-0.1, -0.05) is 75.4 Å². The molecule has 0 amide bonds. The van der Waals surface area contributed by atoms with E-state index >= 15 is 0 Å². The maximum absolute atomic E-state index is 3.41. The predicted molar refractivity (Wildman–Crippen MR) is 116 cm³/mol. The monoisotopic (exact) mass is 360 g/mol. The molecule has 0 spiro atoms. The third-order valence-corrected chi connectivity index (χ3v) is 5.23. The minimum Gasteiger partial charge on any atom is -0.127 e. The van der Waals surface area contributed by atoms with Gasteiger partial charge in [0.1, 0.15) is 16.1 Å². The van der Waals surface area contributed by atoms with Gasteiger partial charge < -0.3 is 0 Å². The summed E-state index contributed by atoms with van der Waals surface area (Å²) >= 11 is 0. The molecule has 0 bridgehead atoms. The van der Waals surface area contributed by atoms with E-state index in [-0.39, 0.29) is 0 Å². The highest BCUT2D eigenvalue weighted by molar-refractivity contribution is 6.84. The molecule has 0 nitrogen and oxygen atoms in total. The predicted octanol–water partition coefficient (Wildman–Crippen LogP) is 5.74. The zero-order chi connectivity index (χ0) is 18.5. The molecule has 25 heavy (non-hydrogen) atoms. The lowest BCUT2D eigenvalue weighted by molar-refractivity contribution is 1.19. The number of hydrogen-bond donors (Lipinski definition) is 0. The fraction of sp³-hybridized carbons (Fsp3) is 0.304. The largest absolute Gasteiger partial charge is 0.129 e. The molecule has 0 radical (unpaired) electrons. The summed E-state index contributed by atoms with van der Waals surface area (Å²) in [6, 6.07) is 17.3. The summed E-state index contributed by atoms with van der Waals surface area (Å²) in [4.78, 5) is 0. The van der Waals surface area contributed by atoms with Gasteiger partial charge in [0, 0.05) is 11.1 Å². The van der Waals surface area contributed by atoms with Crippen molar-refractivity contribution in [2.45, 2.75) is 45.7 Å². The first-order valence-electron chi connectivity index (χ1n) is 8.85. The van der Waals surface area contributed by atoms with Crippen LogP contribution in [0.5, 0.6) is 0 Å². The average Bonchev–Trinajstić information content (AvgIpc) is 2.52. The Labute approximate surface area is 155 Å². The number of rotatable bonds is 2. The lowest BCUT2D eigenvalue weighted by Crippen LogP contribution is -2.16. The molecule has 0 unspecified atom stereocenters. The fourth-order valence-electron chi connectivity index (χ4n) is 2.17. The van der Waals surface area contributed by atoms with E-state index in [2.05, 4.69) is 111 Å². The minimum atomic E-state index is -1.31. The summed E-state index contributed by atoms with van der Waals surface area (Å²) in [5.41, 5.74) is 11.7. The van der Waals surface area contributed by atoms with Gasteiger partial charge in [0.25, 0.3) is 0 Å². The van der Waals surface area contributed by atoms with Crippen molar-refractivity contribution in [1.29, 1.82) is 0 Å². The summed E-state index contributed by atoms with van der Waals surface area (Å²) in [5.74, 6) is 6.62. The molecule has 0 saturated heterocycles. The van der Waals surface area contributed by atoms with Gasteiger partial charge in [0.15, 0.2) is 0 Å². The SMILES string of the molecule is C[Si](C)(C)C#Cc1ccc(Cc2ccc(C#C[Si](C)(C)C)cc2)cc1. The second-order valence-corrected chi connectivity index (χ2v) is 18.1. The number of hydrogen-bond acceptors (Lipinski definition) is 0. The molecule has 0 atom stereocenters. The van der Waals surface area contributed by atoms with E-state index in [0.29, 0.717) is 0 Å². The van der Waals surface area contributed by atoms with Crippen LogP contribution in [0, 0.1) is 22.9 Å². The highest BCUT2D eigenvalue weighted by Crippen LogP contribution is 2.12. The molecule has 0 aliphatic rings. The van der Waals surface area contributed by atoms with Gasteiger partial charge in [-0.2, -0.15) is 0 Å². The lowest BCUT2D eigenvalue weighted by atomic mass is 10.0. The van der Waals surface area contributed by atoms with Gasteiger partial charge >= 0.3 is 0 Å². The standard InChI is InChI=1S/C23H28Si2/c1-24(2,3)17-15-20-7-11-22(12-8-20)19-23-13-9-21(10-14-23)16-18-25(4,5)6/h7-14H,19H2,1-6H3. The molecule has 0 N–H and O–H groups in total. The summed E-state index contributed by atoms with van der Waals surface area (Å²) in [5, 5.41) is 0. The smallest absolute Gasteiger partial charge is 0.127 e. The molecule has 0 aromatic heterocycles. The quantitative estimate of drug-likeness (QED) is 0.473. The molecule has 2 rings (SSSR count). The summed E-state index contributed by atoms with van der Waals surface area (Å²) < 4.78 is 0. The summed E-state index contributed by atoms with van der Waals surface area (Å²) in [6.07, 6.45) is 0.948. The number of benzene rings is 2. The van der Waals surface area contributed by atoms with E-state index in [1.807, 2.05) is 0 Å². The highest BCUT2D eigenvalue weighted by Gasteiger charge is 2.08. The van der Waals surface area contributed by atoms with E-state index in [4.69, 9.17) is 0 Å². The van der Waals surface area contributed by atoms with Crippen LogP contribution in [0.15, 0.2) is 48.5 Å². The van der Waals surface area contributed by atoms with Crippen LogP contribution in [0.1, 0.15) is 22.3 Å². The van der Waals surface area contributed by atoms with Crippen LogP contribution < -0.4 is 0 Å². The summed E-state index contributed by atoms with van der Waals surface area (Å²) in [7, 11) is -2.62. The Kier molecular flexibility index (Phi) is 6.12. The van der Waals surface area contributed by atoms with Gasteiger partial charge in [-0.3, -0.25) is 0 Å². The Bertz CT molecular complexity index is 749. The topological polar surface area (TPSA) is 0 Å². The first-order chi connectivity index (χ1) is 11.6. The van der Waals surface area contributed by atoms with E-state index < -0.39 is 16.1 Å². The van der Waals surface area contributed by atoms with Crippen molar-refractivity contribution in [2.75, 3.05) is 0 Å². The van der Waals surface area contributed by atoms with E-state index in [0.717, 1.165) is 17.5 Å². The van der Waals surface area contributed by atoms with Crippen molar-refractivity contribution in [3.05, 3.63) is 70.8 Å².